The van der Waals surface area contributed by atoms with Crippen LogP contribution in [0.2, 0.25) is 0 Å². The van der Waals surface area contributed by atoms with Crippen LogP contribution in [0.5, 0.6) is 5.75 Å². The Morgan fingerprint density at radius 1 is 0.897 bits per heavy atom. The Hall–Kier alpha value is -3.93. The summed E-state index contributed by atoms with van der Waals surface area (Å²) >= 11 is 0. The van der Waals surface area contributed by atoms with Gasteiger partial charge >= 0.3 is 0 Å². The molecule has 0 bridgehead atoms. The number of ether oxygens (including phenoxy) is 1. The number of carbonyl (C=O) groups is 1. The summed E-state index contributed by atoms with van der Waals surface area (Å²) in [7, 11) is 0. The summed E-state index contributed by atoms with van der Waals surface area (Å²) < 4.78 is 11.0. The highest BCUT2D eigenvalue weighted by atomic mass is 16.5. The first-order valence-corrected chi connectivity index (χ1v) is 9.21. The fourth-order valence-corrected chi connectivity index (χ4v) is 2.81. The Bertz CT molecular complexity index is 1080. The van der Waals surface area contributed by atoms with Crippen molar-refractivity contribution in [3.8, 4) is 17.1 Å². The number of nitrogens with one attached hydrogen (secondary N) is 1. The van der Waals surface area contributed by atoms with Crippen LogP contribution in [0.1, 0.15) is 21.8 Å². The van der Waals surface area contributed by atoms with Gasteiger partial charge in [-0.1, -0.05) is 78.0 Å². The zero-order valence-electron chi connectivity index (χ0n) is 15.6. The van der Waals surface area contributed by atoms with Gasteiger partial charge in [0.25, 0.3) is 11.8 Å². The van der Waals surface area contributed by atoms with Gasteiger partial charge in [0.2, 0.25) is 5.82 Å². The average Bonchev–Trinajstić information content (AvgIpc) is 3.27. The monoisotopic (exact) mass is 385 g/mol. The average molecular weight is 385 g/mol. The van der Waals surface area contributed by atoms with E-state index in [0.29, 0.717) is 29.6 Å². The molecule has 1 amide bonds. The molecule has 0 aliphatic rings. The van der Waals surface area contributed by atoms with Gasteiger partial charge in [-0.3, -0.25) is 4.79 Å². The van der Waals surface area contributed by atoms with Gasteiger partial charge in [0, 0.05) is 12.1 Å². The van der Waals surface area contributed by atoms with Crippen molar-refractivity contribution in [2.45, 2.75) is 13.2 Å². The molecule has 6 heteroatoms. The second kappa shape index (κ2) is 8.84. The van der Waals surface area contributed by atoms with Gasteiger partial charge in [-0.15, -0.1) is 0 Å². The van der Waals surface area contributed by atoms with Gasteiger partial charge in [0.15, 0.2) is 6.61 Å². The second-order valence-corrected chi connectivity index (χ2v) is 6.33. The molecule has 0 saturated heterocycles. The standard InChI is InChI=1S/C23H19N3O3/c27-23(24-15-17-9-3-1-4-10-17)19-13-7-8-14-20(19)28-16-21-25-22(26-29-21)18-11-5-2-6-12-18/h1-14H,15-16H2,(H,24,27). The number of carbonyl (C=O) groups excluding carboxylic acids is 1. The molecule has 0 radical (unpaired) electrons. The van der Waals surface area contributed by atoms with E-state index in [0.717, 1.165) is 11.1 Å². The van der Waals surface area contributed by atoms with E-state index in [1.54, 1.807) is 18.2 Å². The molecular formula is C23H19N3O3. The third-order valence-corrected chi connectivity index (χ3v) is 4.28. The highest BCUT2D eigenvalue weighted by molar-refractivity contribution is 5.96. The topological polar surface area (TPSA) is 77.2 Å². The van der Waals surface area contributed by atoms with Crippen molar-refractivity contribution in [1.29, 1.82) is 0 Å². The number of para-hydroxylation sites is 1. The van der Waals surface area contributed by atoms with Gasteiger partial charge in [0.05, 0.1) is 5.56 Å². The zero-order chi connectivity index (χ0) is 19.9. The molecule has 3 aromatic carbocycles. The minimum Gasteiger partial charge on any atom is -0.483 e. The molecule has 1 N–H and O–H groups in total. The predicted molar refractivity (Wildman–Crippen MR) is 108 cm³/mol. The SMILES string of the molecule is O=C(NCc1ccccc1)c1ccccc1OCc1nc(-c2ccccc2)no1. The maximum atomic E-state index is 12.6. The van der Waals surface area contributed by atoms with Crippen LogP contribution in [-0.4, -0.2) is 16.0 Å². The lowest BCUT2D eigenvalue weighted by Crippen LogP contribution is -2.23. The molecule has 0 aliphatic heterocycles. The first-order valence-electron chi connectivity index (χ1n) is 9.21. The molecule has 0 atom stereocenters. The molecule has 0 fully saturated rings. The van der Waals surface area contributed by atoms with Crippen molar-refractivity contribution < 1.29 is 14.1 Å². The van der Waals surface area contributed by atoms with E-state index in [1.807, 2.05) is 66.7 Å². The first-order chi connectivity index (χ1) is 14.3. The van der Waals surface area contributed by atoms with Crippen LogP contribution in [0.15, 0.2) is 89.5 Å². The summed E-state index contributed by atoms with van der Waals surface area (Å²) in [5.74, 6) is 1.08. The van der Waals surface area contributed by atoms with Crippen LogP contribution in [0, 0.1) is 0 Å². The third-order valence-electron chi connectivity index (χ3n) is 4.28. The molecule has 0 saturated carbocycles. The molecule has 0 aliphatic carbocycles. The van der Waals surface area contributed by atoms with Crippen molar-refractivity contribution in [2.75, 3.05) is 0 Å². The number of hydrogen-bond acceptors (Lipinski definition) is 5. The molecular weight excluding hydrogens is 366 g/mol. The summed E-state index contributed by atoms with van der Waals surface area (Å²) in [6.07, 6.45) is 0. The lowest BCUT2D eigenvalue weighted by atomic mass is 10.1. The van der Waals surface area contributed by atoms with Gasteiger partial charge in [0.1, 0.15) is 5.75 Å². The van der Waals surface area contributed by atoms with Crippen molar-refractivity contribution in [2.24, 2.45) is 0 Å². The second-order valence-electron chi connectivity index (χ2n) is 6.33. The number of nitrogens with zero attached hydrogens (tertiary/aromatic N) is 2. The van der Waals surface area contributed by atoms with Crippen molar-refractivity contribution in [1.82, 2.24) is 15.5 Å². The summed E-state index contributed by atoms with van der Waals surface area (Å²) in [5, 5.41) is 6.88. The first kappa shape index (κ1) is 18.4. The normalized spacial score (nSPS) is 10.5. The Kier molecular flexibility index (Phi) is 5.62. The summed E-state index contributed by atoms with van der Waals surface area (Å²) in [4.78, 5) is 16.9. The number of hydrogen-bond donors (Lipinski definition) is 1. The van der Waals surface area contributed by atoms with E-state index in [4.69, 9.17) is 9.26 Å². The third kappa shape index (κ3) is 4.68. The minimum absolute atomic E-state index is 0.0722. The van der Waals surface area contributed by atoms with E-state index in [2.05, 4.69) is 15.5 Å². The highest BCUT2D eigenvalue weighted by Crippen LogP contribution is 2.20. The largest absolute Gasteiger partial charge is 0.483 e. The summed E-state index contributed by atoms with van der Waals surface area (Å²) in [6.45, 7) is 0.515. The fraction of sp³-hybridized carbons (Fsp3) is 0.0870. The Labute approximate surface area is 168 Å². The summed E-state index contributed by atoms with van der Waals surface area (Å²) in [5.41, 5.74) is 2.34. The van der Waals surface area contributed by atoms with E-state index in [1.165, 1.54) is 0 Å². The molecule has 1 heterocycles. The van der Waals surface area contributed by atoms with E-state index < -0.39 is 0 Å². The number of rotatable bonds is 7. The number of benzene rings is 3. The molecule has 4 rings (SSSR count). The molecule has 0 unspecified atom stereocenters. The van der Waals surface area contributed by atoms with Crippen LogP contribution >= 0.6 is 0 Å². The fourth-order valence-electron chi connectivity index (χ4n) is 2.81. The van der Waals surface area contributed by atoms with Crippen molar-refractivity contribution >= 4 is 5.91 Å². The number of aromatic nitrogens is 2. The maximum Gasteiger partial charge on any atom is 0.264 e. The van der Waals surface area contributed by atoms with Crippen LogP contribution < -0.4 is 10.1 Å². The highest BCUT2D eigenvalue weighted by Gasteiger charge is 2.14. The van der Waals surface area contributed by atoms with Gasteiger partial charge < -0.3 is 14.6 Å². The maximum absolute atomic E-state index is 12.6. The van der Waals surface area contributed by atoms with Crippen LogP contribution in [0.4, 0.5) is 0 Å². The molecule has 0 spiro atoms. The summed E-state index contributed by atoms with van der Waals surface area (Å²) in [6, 6.07) is 26.4. The Morgan fingerprint density at radius 2 is 1.59 bits per heavy atom. The number of amides is 1. The van der Waals surface area contributed by atoms with Crippen molar-refractivity contribution in [3.05, 3.63) is 102 Å². The lowest BCUT2D eigenvalue weighted by molar-refractivity contribution is 0.0945. The van der Waals surface area contributed by atoms with Crippen molar-refractivity contribution in [3.63, 3.8) is 0 Å². The van der Waals surface area contributed by atoms with Crippen LogP contribution in [-0.2, 0) is 13.2 Å². The predicted octanol–water partition coefficient (Wildman–Crippen LogP) is 4.25. The van der Waals surface area contributed by atoms with E-state index >= 15 is 0 Å². The lowest BCUT2D eigenvalue weighted by Gasteiger charge is -2.10. The van der Waals surface area contributed by atoms with Gasteiger partial charge in [-0.25, -0.2) is 0 Å². The van der Waals surface area contributed by atoms with E-state index in [-0.39, 0.29) is 12.5 Å². The molecule has 4 aromatic rings. The van der Waals surface area contributed by atoms with Gasteiger partial charge in [-0.05, 0) is 17.7 Å². The van der Waals surface area contributed by atoms with Gasteiger partial charge in [-0.2, -0.15) is 4.98 Å². The molecule has 1 aromatic heterocycles. The molecule has 144 valence electrons. The minimum atomic E-state index is -0.208. The zero-order valence-corrected chi connectivity index (χ0v) is 15.6. The quantitative estimate of drug-likeness (QED) is 0.515. The van der Waals surface area contributed by atoms with Crippen LogP contribution in [0.3, 0.4) is 0 Å². The molecule has 6 nitrogen and oxygen atoms in total. The molecule has 29 heavy (non-hydrogen) atoms. The smallest absolute Gasteiger partial charge is 0.264 e. The van der Waals surface area contributed by atoms with Crippen LogP contribution in [0.25, 0.3) is 11.4 Å². The Balaban J connectivity index is 1.41. The van der Waals surface area contributed by atoms with E-state index in [9.17, 15) is 4.79 Å². The Morgan fingerprint density at radius 3 is 2.38 bits per heavy atom.